The Hall–Kier alpha value is -6.36. The minimum Gasteiger partial charge on any atom is -0.376 e. The van der Waals surface area contributed by atoms with E-state index in [2.05, 4.69) is 228 Å². The van der Waals surface area contributed by atoms with Gasteiger partial charge in [-0.05, 0) is 116 Å². The fraction of sp³-hybridized carbons (Fsp3) is 0.158. The first-order valence-electron chi connectivity index (χ1n) is 21.6. The molecular formula is C57H49BN2S. The SMILES string of the molecule is Cc1cc2c3c(c1)N(c1ccc(C(C)(C)C)cc1-c1ccccc1)c1c(ccc4sc5ccccc5c14)B3N(c1ccc(C(C)(C)C)cc1)c1cc(-c3ccccc3)ccc1-2. The molecule has 2 aliphatic rings. The van der Waals surface area contributed by atoms with Crippen LogP contribution in [0.15, 0.2) is 170 Å². The molecule has 8 aromatic carbocycles. The van der Waals surface area contributed by atoms with Gasteiger partial charge in [0, 0.05) is 48.4 Å². The number of hydrogen-bond donors (Lipinski definition) is 0. The third kappa shape index (κ3) is 6.06. The van der Waals surface area contributed by atoms with E-state index in [1.54, 1.807) is 0 Å². The fourth-order valence-electron chi connectivity index (χ4n) is 9.91. The van der Waals surface area contributed by atoms with E-state index >= 15 is 0 Å². The molecule has 0 N–H and O–H groups in total. The summed E-state index contributed by atoms with van der Waals surface area (Å²) < 4.78 is 2.61. The van der Waals surface area contributed by atoms with Gasteiger partial charge in [0.25, 0.3) is 0 Å². The van der Waals surface area contributed by atoms with Crippen LogP contribution < -0.4 is 20.6 Å². The minimum absolute atomic E-state index is 0.0162. The van der Waals surface area contributed by atoms with E-state index in [0.717, 1.165) is 0 Å². The van der Waals surface area contributed by atoms with Crippen molar-refractivity contribution in [2.45, 2.75) is 59.3 Å². The van der Waals surface area contributed by atoms with Gasteiger partial charge in [-0.3, -0.25) is 0 Å². The highest BCUT2D eigenvalue weighted by atomic mass is 32.1. The standard InChI is InChI=1S/C57H49BN2S/c1-36-32-46-43-28-22-39(37-16-10-8-11-17-37)34-49(43)60(42-26-23-40(24-27-42)56(2,3)4)58-47-29-31-52-53(44-20-14-15-21-51(44)61-52)55(47)59(50(33-36)54(46)58)48-30-25-41(57(5,6)7)35-45(48)38-18-12-9-13-19-38/h8-35H,1-7H3. The number of fused-ring (bicyclic) bond motifs is 8. The third-order valence-corrected chi connectivity index (χ3v) is 14.1. The van der Waals surface area contributed by atoms with E-state index in [1.165, 1.54) is 110 Å². The lowest BCUT2D eigenvalue weighted by Crippen LogP contribution is -2.61. The number of nitrogens with zero attached hydrogens (tertiary/aromatic N) is 2. The number of thiophene rings is 1. The summed E-state index contributed by atoms with van der Waals surface area (Å²) in [5.41, 5.74) is 20.2. The smallest absolute Gasteiger partial charge is 0.333 e. The zero-order chi connectivity index (χ0) is 41.8. The van der Waals surface area contributed by atoms with Crippen molar-refractivity contribution in [1.82, 2.24) is 0 Å². The van der Waals surface area contributed by atoms with Crippen molar-refractivity contribution in [2.24, 2.45) is 0 Å². The summed E-state index contributed by atoms with van der Waals surface area (Å²) in [5.74, 6) is 0. The second-order valence-corrected chi connectivity index (χ2v) is 20.2. The highest BCUT2D eigenvalue weighted by Crippen LogP contribution is 2.53. The molecule has 0 spiro atoms. The molecule has 0 unspecified atom stereocenters. The molecule has 4 heteroatoms. The monoisotopic (exact) mass is 804 g/mol. The van der Waals surface area contributed by atoms with Crippen LogP contribution in [0.3, 0.4) is 0 Å². The van der Waals surface area contributed by atoms with Crippen molar-refractivity contribution < 1.29 is 0 Å². The van der Waals surface area contributed by atoms with E-state index in [-0.39, 0.29) is 17.7 Å². The van der Waals surface area contributed by atoms with Gasteiger partial charge < -0.3 is 9.71 Å². The predicted octanol–water partition coefficient (Wildman–Crippen LogP) is 15.0. The average molecular weight is 805 g/mol. The Kier molecular flexibility index (Phi) is 8.54. The first kappa shape index (κ1) is 37.6. The molecule has 0 bridgehead atoms. The minimum atomic E-state index is -0.0899. The van der Waals surface area contributed by atoms with Crippen molar-refractivity contribution in [3.05, 3.63) is 187 Å². The Morgan fingerprint density at radius 1 is 0.475 bits per heavy atom. The van der Waals surface area contributed by atoms with Crippen LogP contribution in [0.25, 0.3) is 53.6 Å². The van der Waals surface area contributed by atoms with E-state index in [0.29, 0.717) is 0 Å². The maximum Gasteiger partial charge on any atom is 0.333 e. The lowest BCUT2D eigenvalue weighted by atomic mass is 9.43. The Bertz CT molecular complexity index is 3170. The van der Waals surface area contributed by atoms with Crippen molar-refractivity contribution in [1.29, 1.82) is 0 Å². The molecule has 296 valence electrons. The van der Waals surface area contributed by atoms with E-state index < -0.39 is 0 Å². The van der Waals surface area contributed by atoms with Crippen molar-refractivity contribution in [2.75, 3.05) is 9.71 Å². The second-order valence-electron chi connectivity index (χ2n) is 19.1. The van der Waals surface area contributed by atoms with Crippen molar-refractivity contribution in [3.8, 4) is 33.4 Å². The topological polar surface area (TPSA) is 6.48 Å². The summed E-state index contributed by atoms with van der Waals surface area (Å²) in [4.78, 5) is 5.31. The normalized spacial score (nSPS) is 13.4. The molecule has 2 aliphatic heterocycles. The first-order valence-corrected chi connectivity index (χ1v) is 22.4. The predicted molar refractivity (Wildman–Crippen MR) is 266 cm³/mol. The Balaban J connectivity index is 1.28. The Morgan fingerprint density at radius 2 is 1.15 bits per heavy atom. The van der Waals surface area contributed by atoms with E-state index in [1.807, 2.05) is 11.3 Å². The molecule has 0 aliphatic carbocycles. The molecule has 11 rings (SSSR count). The highest BCUT2D eigenvalue weighted by molar-refractivity contribution is 7.26. The van der Waals surface area contributed by atoms with Crippen LogP contribution in [-0.4, -0.2) is 6.85 Å². The quantitative estimate of drug-likeness (QED) is 0.164. The maximum atomic E-state index is 2.66. The highest BCUT2D eigenvalue weighted by Gasteiger charge is 2.46. The van der Waals surface area contributed by atoms with Gasteiger partial charge in [-0.1, -0.05) is 163 Å². The van der Waals surface area contributed by atoms with Gasteiger partial charge in [0.2, 0.25) is 0 Å². The lowest BCUT2D eigenvalue weighted by molar-refractivity contribution is 0.590. The van der Waals surface area contributed by atoms with Gasteiger partial charge in [-0.15, -0.1) is 11.3 Å². The summed E-state index contributed by atoms with van der Waals surface area (Å²) in [5, 5.41) is 2.62. The number of anilines is 5. The Morgan fingerprint density at radius 3 is 1.87 bits per heavy atom. The van der Waals surface area contributed by atoms with Crippen LogP contribution in [0.5, 0.6) is 0 Å². The summed E-state index contributed by atoms with van der Waals surface area (Å²) in [6.07, 6.45) is 0. The van der Waals surface area contributed by atoms with Crippen LogP contribution in [0.1, 0.15) is 58.2 Å². The molecule has 0 saturated carbocycles. The summed E-state index contributed by atoms with van der Waals surface area (Å²) in [7, 11) is 0. The van der Waals surface area contributed by atoms with Gasteiger partial charge >= 0.3 is 6.85 Å². The van der Waals surface area contributed by atoms with Crippen LogP contribution >= 0.6 is 11.3 Å². The van der Waals surface area contributed by atoms with Crippen LogP contribution in [0, 0.1) is 6.92 Å². The molecule has 0 amide bonds. The molecule has 0 saturated heterocycles. The fourth-order valence-corrected chi connectivity index (χ4v) is 11.0. The van der Waals surface area contributed by atoms with Crippen molar-refractivity contribution in [3.63, 3.8) is 0 Å². The Labute approximate surface area is 364 Å². The van der Waals surface area contributed by atoms with Gasteiger partial charge in [0.05, 0.1) is 11.4 Å². The van der Waals surface area contributed by atoms with Crippen LogP contribution in [-0.2, 0) is 10.8 Å². The molecule has 0 atom stereocenters. The molecule has 61 heavy (non-hydrogen) atoms. The molecule has 0 radical (unpaired) electrons. The number of benzene rings is 8. The average Bonchev–Trinajstić information content (AvgIpc) is 3.65. The zero-order valence-corrected chi connectivity index (χ0v) is 36.9. The maximum absolute atomic E-state index is 2.66. The lowest BCUT2D eigenvalue weighted by Gasteiger charge is -2.46. The molecule has 0 fully saturated rings. The van der Waals surface area contributed by atoms with E-state index in [4.69, 9.17) is 0 Å². The molecule has 9 aromatic rings. The molecule has 3 heterocycles. The number of hydrogen-bond acceptors (Lipinski definition) is 3. The second kappa shape index (κ2) is 13.8. The largest absolute Gasteiger partial charge is 0.376 e. The van der Waals surface area contributed by atoms with Gasteiger partial charge in [0.1, 0.15) is 0 Å². The van der Waals surface area contributed by atoms with Gasteiger partial charge in [0.15, 0.2) is 0 Å². The number of rotatable bonds is 4. The van der Waals surface area contributed by atoms with Gasteiger partial charge in [-0.2, -0.15) is 0 Å². The first-order chi connectivity index (χ1) is 29.4. The summed E-state index contributed by atoms with van der Waals surface area (Å²) in [6, 6.07) is 64.4. The number of aryl methyl sites for hydroxylation is 1. The molecular weight excluding hydrogens is 756 g/mol. The zero-order valence-electron chi connectivity index (χ0n) is 36.0. The van der Waals surface area contributed by atoms with Gasteiger partial charge in [-0.25, -0.2) is 0 Å². The van der Waals surface area contributed by atoms with Crippen LogP contribution in [0.2, 0.25) is 0 Å². The third-order valence-electron chi connectivity index (χ3n) is 13.0. The molecule has 1 aromatic heterocycles. The van der Waals surface area contributed by atoms with E-state index in [9.17, 15) is 0 Å². The summed E-state index contributed by atoms with van der Waals surface area (Å²) >= 11 is 1.90. The summed E-state index contributed by atoms with van der Waals surface area (Å²) in [6.45, 7) is 16.0. The van der Waals surface area contributed by atoms with Crippen LogP contribution in [0.4, 0.5) is 28.4 Å². The molecule has 2 nitrogen and oxygen atoms in total. The van der Waals surface area contributed by atoms with Crippen molar-refractivity contribution >= 4 is 77.7 Å².